The highest BCUT2D eigenvalue weighted by Crippen LogP contribution is 2.22. The molecule has 0 amide bonds. The summed E-state index contributed by atoms with van der Waals surface area (Å²) in [6.45, 7) is 0.321. The maximum absolute atomic E-state index is 11.2. The molecule has 0 radical (unpaired) electrons. The first-order chi connectivity index (χ1) is 7.97. The van der Waals surface area contributed by atoms with Crippen molar-refractivity contribution < 1.29 is 8.42 Å². The molecule has 92 valence electrons. The molecule has 0 bridgehead atoms. The Morgan fingerprint density at radius 3 is 2.94 bits per heavy atom. The van der Waals surface area contributed by atoms with E-state index >= 15 is 0 Å². The molecule has 0 saturated heterocycles. The van der Waals surface area contributed by atoms with Gasteiger partial charge in [-0.05, 0) is 23.7 Å². The van der Waals surface area contributed by atoms with Gasteiger partial charge < -0.3 is 0 Å². The van der Waals surface area contributed by atoms with Crippen LogP contribution in [-0.2, 0) is 16.4 Å². The molecule has 0 atom stereocenters. The zero-order chi connectivity index (χ0) is 12.5. The Balaban J connectivity index is 2.34. The van der Waals surface area contributed by atoms with E-state index in [-0.39, 0.29) is 5.75 Å². The van der Waals surface area contributed by atoms with Crippen molar-refractivity contribution in [1.29, 1.82) is 0 Å². The van der Waals surface area contributed by atoms with Gasteiger partial charge in [0.05, 0.1) is 10.6 Å². The zero-order valence-corrected chi connectivity index (χ0v) is 11.5. The predicted octanol–water partition coefficient (Wildman–Crippen LogP) is 1.71. The molecule has 0 aromatic carbocycles. The molecule has 0 aliphatic carbocycles. The highest BCUT2D eigenvalue weighted by atomic mass is 32.2. The summed E-state index contributed by atoms with van der Waals surface area (Å²) in [6.07, 6.45) is 1.21. The smallest absolute Gasteiger partial charge is 0.195 e. The fourth-order valence-electron chi connectivity index (χ4n) is 1.38. The van der Waals surface area contributed by atoms with Gasteiger partial charge in [0.2, 0.25) is 0 Å². The quantitative estimate of drug-likeness (QED) is 0.870. The summed E-state index contributed by atoms with van der Waals surface area (Å²) in [5, 5.41) is 8.75. The lowest BCUT2D eigenvalue weighted by molar-refractivity contribution is 0.594. The topological polar surface area (TPSA) is 67.8 Å². The van der Waals surface area contributed by atoms with Gasteiger partial charge in [0.1, 0.15) is 9.84 Å². The van der Waals surface area contributed by atoms with Gasteiger partial charge in [0.15, 0.2) is 10.6 Å². The number of rotatable bonds is 4. The van der Waals surface area contributed by atoms with Gasteiger partial charge in [-0.25, -0.2) is 8.42 Å². The molecular weight excluding hydrogens is 278 g/mol. The molecule has 0 fully saturated rings. The van der Waals surface area contributed by atoms with Gasteiger partial charge >= 0.3 is 0 Å². The molecule has 5 nitrogen and oxygen atoms in total. The second-order valence-electron chi connectivity index (χ2n) is 3.61. The molecule has 2 rings (SSSR count). The number of sulfone groups is 1. The largest absolute Gasteiger partial charge is 0.298 e. The molecule has 17 heavy (non-hydrogen) atoms. The summed E-state index contributed by atoms with van der Waals surface area (Å²) in [7, 11) is -3.01. The van der Waals surface area contributed by atoms with Crippen LogP contribution in [-0.4, -0.2) is 35.2 Å². The van der Waals surface area contributed by atoms with Crippen LogP contribution < -0.4 is 0 Å². The van der Waals surface area contributed by atoms with Crippen molar-refractivity contribution in [3.63, 3.8) is 0 Å². The maximum Gasteiger partial charge on any atom is 0.195 e. The van der Waals surface area contributed by atoms with Crippen LogP contribution in [0.4, 0.5) is 0 Å². The lowest BCUT2D eigenvalue weighted by atomic mass is 10.4. The molecule has 2 aromatic rings. The Bertz CT molecular complexity index is 652. The Labute approximate surface area is 108 Å². The Morgan fingerprint density at radius 2 is 2.35 bits per heavy atom. The third-order valence-corrected chi connectivity index (χ3v) is 4.29. The third kappa shape index (κ3) is 3.02. The molecule has 0 saturated carbocycles. The third-order valence-electron chi connectivity index (χ3n) is 2.19. The van der Waals surface area contributed by atoms with E-state index in [0.29, 0.717) is 17.1 Å². The van der Waals surface area contributed by atoms with Crippen molar-refractivity contribution in [1.82, 2.24) is 14.8 Å². The van der Waals surface area contributed by atoms with Gasteiger partial charge in [-0.3, -0.25) is 9.67 Å². The van der Waals surface area contributed by atoms with Crippen LogP contribution >= 0.6 is 23.6 Å². The van der Waals surface area contributed by atoms with E-state index in [1.807, 2.05) is 17.5 Å². The van der Waals surface area contributed by atoms with Gasteiger partial charge in [0.25, 0.3) is 0 Å². The average molecular weight is 289 g/mol. The SMILES string of the molecule is CS(=O)(=O)CCn1c(-c2cccs2)n[nH]c1=S. The van der Waals surface area contributed by atoms with Crippen LogP contribution in [0.25, 0.3) is 10.7 Å². The minimum atomic E-state index is -3.01. The molecule has 2 aromatic heterocycles. The summed E-state index contributed by atoms with van der Waals surface area (Å²) in [4.78, 5) is 0.964. The van der Waals surface area contributed by atoms with Crippen LogP contribution in [0.1, 0.15) is 0 Å². The van der Waals surface area contributed by atoms with Crippen molar-refractivity contribution in [2.24, 2.45) is 0 Å². The van der Waals surface area contributed by atoms with E-state index in [9.17, 15) is 8.42 Å². The average Bonchev–Trinajstić information content (AvgIpc) is 2.82. The van der Waals surface area contributed by atoms with E-state index in [0.717, 1.165) is 4.88 Å². The highest BCUT2D eigenvalue weighted by molar-refractivity contribution is 7.90. The van der Waals surface area contributed by atoms with Crippen LogP contribution in [0.2, 0.25) is 0 Å². The van der Waals surface area contributed by atoms with Crippen molar-refractivity contribution >= 4 is 33.4 Å². The number of nitrogens with zero attached hydrogens (tertiary/aromatic N) is 2. The summed E-state index contributed by atoms with van der Waals surface area (Å²) in [5.74, 6) is 0.743. The van der Waals surface area contributed by atoms with Gasteiger partial charge in [-0.2, -0.15) is 5.10 Å². The monoisotopic (exact) mass is 289 g/mol. The Kier molecular flexibility index (Phi) is 3.45. The van der Waals surface area contributed by atoms with E-state index < -0.39 is 9.84 Å². The molecule has 2 heterocycles. The lowest BCUT2D eigenvalue weighted by Gasteiger charge is -2.03. The first-order valence-corrected chi connectivity index (χ1v) is 8.19. The van der Waals surface area contributed by atoms with E-state index in [4.69, 9.17) is 12.2 Å². The Morgan fingerprint density at radius 1 is 1.59 bits per heavy atom. The molecule has 1 N–H and O–H groups in total. The summed E-state index contributed by atoms with van der Waals surface area (Å²) >= 11 is 6.63. The first kappa shape index (κ1) is 12.5. The maximum atomic E-state index is 11.2. The minimum absolute atomic E-state index is 0.0548. The number of thiophene rings is 1. The zero-order valence-electron chi connectivity index (χ0n) is 9.08. The number of nitrogens with one attached hydrogen (secondary N) is 1. The predicted molar refractivity (Wildman–Crippen MR) is 70.4 cm³/mol. The molecule has 0 spiro atoms. The highest BCUT2D eigenvalue weighted by Gasteiger charge is 2.11. The summed E-state index contributed by atoms with van der Waals surface area (Å²) < 4.78 is 24.5. The van der Waals surface area contributed by atoms with Crippen molar-refractivity contribution in [2.45, 2.75) is 6.54 Å². The van der Waals surface area contributed by atoms with Gasteiger partial charge in [-0.1, -0.05) is 6.07 Å². The number of aromatic amines is 1. The number of hydrogen-bond acceptors (Lipinski definition) is 5. The van der Waals surface area contributed by atoms with Gasteiger partial charge in [0, 0.05) is 12.8 Å². The van der Waals surface area contributed by atoms with Crippen LogP contribution in [0.3, 0.4) is 0 Å². The molecular formula is C9H11N3O2S3. The van der Waals surface area contributed by atoms with E-state index in [1.165, 1.54) is 17.6 Å². The van der Waals surface area contributed by atoms with Gasteiger partial charge in [-0.15, -0.1) is 11.3 Å². The molecule has 8 heteroatoms. The first-order valence-electron chi connectivity index (χ1n) is 4.84. The summed E-state index contributed by atoms with van der Waals surface area (Å²) in [6, 6.07) is 3.84. The van der Waals surface area contributed by atoms with Crippen LogP contribution in [0, 0.1) is 4.77 Å². The molecule has 0 unspecified atom stereocenters. The second kappa shape index (κ2) is 4.71. The van der Waals surface area contributed by atoms with E-state index in [2.05, 4.69) is 10.2 Å². The van der Waals surface area contributed by atoms with Crippen LogP contribution in [0.15, 0.2) is 17.5 Å². The fraction of sp³-hybridized carbons (Fsp3) is 0.333. The Hall–Kier alpha value is -0.990. The number of hydrogen-bond donors (Lipinski definition) is 1. The van der Waals surface area contributed by atoms with Crippen molar-refractivity contribution in [3.8, 4) is 10.7 Å². The van der Waals surface area contributed by atoms with Crippen LogP contribution in [0.5, 0.6) is 0 Å². The molecule has 0 aliphatic heterocycles. The van der Waals surface area contributed by atoms with Crippen molar-refractivity contribution in [3.05, 3.63) is 22.3 Å². The van der Waals surface area contributed by atoms with E-state index in [1.54, 1.807) is 4.57 Å². The fourth-order valence-corrected chi connectivity index (χ4v) is 2.84. The number of H-pyrrole nitrogens is 1. The minimum Gasteiger partial charge on any atom is -0.298 e. The van der Waals surface area contributed by atoms with Crippen molar-refractivity contribution in [2.75, 3.05) is 12.0 Å². The normalized spacial score (nSPS) is 11.8. The number of aromatic nitrogens is 3. The lowest BCUT2D eigenvalue weighted by Crippen LogP contribution is -2.12. The summed E-state index contributed by atoms with van der Waals surface area (Å²) in [5.41, 5.74) is 0. The second-order valence-corrected chi connectivity index (χ2v) is 7.21. The standard InChI is InChI=1S/C9H11N3O2S3/c1-17(13,14)6-4-12-8(10-11-9(12)15)7-3-2-5-16-7/h2-3,5H,4,6H2,1H3,(H,11,15). The molecule has 0 aliphatic rings.